The smallest absolute Gasteiger partial charge is 0.417 e. The van der Waals surface area contributed by atoms with E-state index in [1.54, 1.807) is 48.5 Å². The van der Waals surface area contributed by atoms with Gasteiger partial charge in [0.25, 0.3) is 0 Å². The van der Waals surface area contributed by atoms with Gasteiger partial charge >= 0.3 is 12.1 Å². The number of pyridine rings is 1. The third-order valence-electron chi connectivity index (χ3n) is 5.18. The first-order chi connectivity index (χ1) is 17.2. The lowest BCUT2D eigenvalue weighted by Gasteiger charge is -2.16. The van der Waals surface area contributed by atoms with Crippen LogP contribution in [0.2, 0.25) is 0 Å². The van der Waals surface area contributed by atoms with E-state index >= 15 is 0 Å². The van der Waals surface area contributed by atoms with Crippen LogP contribution in [0.3, 0.4) is 0 Å². The minimum atomic E-state index is -4.52. The number of aliphatic carboxylic acids is 1. The summed E-state index contributed by atoms with van der Waals surface area (Å²) in [6.45, 7) is 4.37. The van der Waals surface area contributed by atoms with E-state index in [0.29, 0.717) is 35.8 Å². The first kappa shape index (κ1) is 26.7. The second-order valence-corrected chi connectivity index (χ2v) is 7.80. The predicted molar refractivity (Wildman–Crippen MR) is 129 cm³/mol. The number of rotatable bonds is 12. The van der Waals surface area contributed by atoms with E-state index in [2.05, 4.69) is 22.4 Å². The van der Waals surface area contributed by atoms with Gasteiger partial charge in [-0.15, -0.1) is 0 Å². The molecule has 0 aliphatic rings. The van der Waals surface area contributed by atoms with Crippen LogP contribution in [-0.4, -0.2) is 29.7 Å². The maximum absolute atomic E-state index is 13.7. The monoisotopic (exact) mass is 501 g/mol. The van der Waals surface area contributed by atoms with Crippen molar-refractivity contribution in [1.29, 1.82) is 0 Å². The summed E-state index contributed by atoms with van der Waals surface area (Å²) in [5, 5.41) is 11.7. The summed E-state index contributed by atoms with van der Waals surface area (Å²) >= 11 is 0. The summed E-state index contributed by atoms with van der Waals surface area (Å²) in [6.07, 6.45) is -4.53. The molecule has 1 aromatic heterocycles. The number of nitrogens with one attached hydrogen (secondary N) is 2. The molecule has 0 spiro atoms. The van der Waals surface area contributed by atoms with Crippen molar-refractivity contribution in [3.63, 3.8) is 0 Å². The van der Waals surface area contributed by atoms with E-state index in [4.69, 9.17) is 14.7 Å². The molecule has 190 valence electrons. The second-order valence-electron chi connectivity index (χ2n) is 7.80. The van der Waals surface area contributed by atoms with Crippen LogP contribution in [0.5, 0.6) is 5.88 Å². The van der Waals surface area contributed by atoms with Gasteiger partial charge in [0.05, 0.1) is 37.1 Å². The number of hydrogen-bond donors (Lipinski definition) is 3. The largest absolute Gasteiger partial charge is 0.481 e. The molecule has 0 radical (unpaired) electrons. The van der Waals surface area contributed by atoms with Gasteiger partial charge in [0.2, 0.25) is 5.88 Å². The minimum absolute atomic E-state index is 0.00859. The van der Waals surface area contributed by atoms with E-state index in [1.807, 2.05) is 0 Å². The molecule has 7 nitrogen and oxygen atoms in total. The van der Waals surface area contributed by atoms with E-state index in [9.17, 15) is 18.0 Å². The van der Waals surface area contributed by atoms with Crippen molar-refractivity contribution < 1.29 is 32.6 Å². The first-order valence-corrected chi connectivity index (χ1v) is 11.0. The van der Waals surface area contributed by atoms with Crippen molar-refractivity contribution >= 4 is 11.7 Å². The number of carbonyl (C=O) groups is 1. The second kappa shape index (κ2) is 12.2. The predicted octanol–water partition coefficient (Wildman–Crippen LogP) is 5.03. The molecule has 0 bridgehead atoms. The van der Waals surface area contributed by atoms with Gasteiger partial charge in [-0.05, 0) is 28.8 Å². The topological polar surface area (TPSA) is 92.7 Å². The lowest BCUT2D eigenvalue weighted by Crippen LogP contribution is -2.19. The Morgan fingerprint density at radius 3 is 2.53 bits per heavy atom. The van der Waals surface area contributed by atoms with Crippen molar-refractivity contribution in [2.24, 2.45) is 0 Å². The summed E-state index contributed by atoms with van der Waals surface area (Å²) in [7, 11) is 1.46. The van der Waals surface area contributed by atoms with Crippen LogP contribution in [0.25, 0.3) is 16.8 Å². The normalized spacial score (nSPS) is 11.2. The zero-order chi connectivity index (χ0) is 26.1. The van der Waals surface area contributed by atoms with Gasteiger partial charge < -0.3 is 15.2 Å². The fourth-order valence-electron chi connectivity index (χ4n) is 3.41. The van der Waals surface area contributed by atoms with Gasteiger partial charge in [0.15, 0.2) is 0 Å². The molecular weight excluding hydrogens is 475 g/mol. The summed E-state index contributed by atoms with van der Waals surface area (Å²) in [6, 6.07) is 15.9. The van der Waals surface area contributed by atoms with E-state index < -0.39 is 17.7 Å². The number of carboxylic acid groups (broad SMARTS) is 1. The van der Waals surface area contributed by atoms with Gasteiger partial charge in [-0.3, -0.25) is 15.1 Å². The van der Waals surface area contributed by atoms with Gasteiger partial charge in [-0.1, -0.05) is 55.1 Å². The van der Waals surface area contributed by atoms with Crippen LogP contribution in [0, 0.1) is 0 Å². The van der Waals surface area contributed by atoms with E-state index in [1.165, 1.54) is 13.2 Å². The lowest BCUT2D eigenvalue weighted by atomic mass is 9.97. The van der Waals surface area contributed by atoms with Crippen molar-refractivity contribution in [3.8, 4) is 17.0 Å². The molecule has 36 heavy (non-hydrogen) atoms. The number of hydrogen-bond acceptors (Lipinski definition) is 6. The van der Waals surface area contributed by atoms with Gasteiger partial charge in [-0.25, -0.2) is 4.98 Å². The zero-order valence-electron chi connectivity index (χ0n) is 19.6. The summed E-state index contributed by atoms with van der Waals surface area (Å²) < 4.78 is 46.4. The SMILES string of the molecule is C=C(NOCc1ccc(-c2ccccc2)c(C(F)(F)F)c1)c1ccc(CNCCC(=O)O)c(OC)n1. The summed E-state index contributed by atoms with van der Waals surface area (Å²) in [5.41, 5.74) is 4.19. The molecule has 0 unspecified atom stereocenters. The highest BCUT2D eigenvalue weighted by molar-refractivity contribution is 5.68. The molecule has 0 saturated heterocycles. The Morgan fingerprint density at radius 1 is 1.11 bits per heavy atom. The quantitative estimate of drug-likeness (QED) is 0.237. The summed E-state index contributed by atoms with van der Waals surface area (Å²) in [5.74, 6) is -0.573. The number of nitrogens with zero attached hydrogens (tertiary/aromatic N) is 1. The molecule has 0 saturated carbocycles. The molecule has 3 aromatic rings. The highest BCUT2D eigenvalue weighted by atomic mass is 19.4. The third-order valence-corrected chi connectivity index (χ3v) is 5.18. The van der Waals surface area contributed by atoms with Crippen LogP contribution >= 0.6 is 0 Å². The fourth-order valence-corrected chi connectivity index (χ4v) is 3.41. The van der Waals surface area contributed by atoms with Crippen molar-refractivity contribution in [2.45, 2.75) is 25.7 Å². The third kappa shape index (κ3) is 7.30. The molecule has 0 aliphatic carbocycles. The maximum Gasteiger partial charge on any atom is 0.417 e. The number of alkyl halides is 3. The Hall–Kier alpha value is -3.89. The molecule has 2 aromatic carbocycles. The molecule has 3 N–H and O–H groups in total. The highest BCUT2D eigenvalue weighted by Crippen LogP contribution is 2.37. The highest BCUT2D eigenvalue weighted by Gasteiger charge is 2.34. The zero-order valence-corrected chi connectivity index (χ0v) is 19.6. The standard InChI is InChI=1S/C26H26F3N3O4/c1-17(23-11-9-20(25(31-23)35-2)15-30-13-12-24(33)34)32-36-16-18-8-10-21(19-6-4-3-5-7-19)22(14-18)26(27,28)29/h3-11,14,30,32H,1,12-13,15-16H2,2H3,(H,33,34). The van der Waals surface area contributed by atoms with Crippen molar-refractivity contribution in [3.05, 3.63) is 89.6 Å². The number of halogens is 3. The Bertz CT molecular complexity index is 1200. The molecule has 1 heterocycles. The van der Waals surface area contributed by atoms with Crippen LogP contribution in [-0.2, 0) is 29.0 Å². The lowest BCUT2D eigenvalue weighted by molar-refractivity contribution is -0.138. The van der Waals surface area contributed by atoms with Crippen LogP contribution in [0.1, 0.15) is 28.8 Å². The maximum atomic E-state index is 13.7. The van der Waals surface area contributed by atoms with Gasteiger partial charge in [0, 0.05) is 18.7 Å². The molecule has 10 heteroatoms. The number of benzene rings is 2. The van der Waals surface area contributed by atoms with Crippen LogP contribution in [0.15, 0.2) is 67.2 Å². The fraction of sp³-hybridized carbons (Fsp3) is 0.231. The number of hydroxylamine groups is 1. The molecule has 3 rings (SSSR count). The van der Waals surface area contributed by atoms with E-state index in [0.717, 1.165) is 11.6 Å². The average molecular weight is 502 g/mol. The van der Waals surface area contributed by atoms with Crippen molar-refractivity contribution in [2.75, 3.05) is 13.7 Å². The van der Waals surface area contributed by atoms with Gasteiger partial charge in [-0.2, -0.15) is 13.2 Å². The van der Waals surface area contributed by atoms with Crippen molar-refractivity contribution in [1.82, 2.24) is 15.8 Å². The minimum Gasteiger partial charge on any atom is -0.481 e. The Kier molecular flexibility index (Phi) is 9.04. The first-order valence-electron chi connectivity index (χ1n) is 11.0. The molecule has 0 atom stereocenters. The Balaban J connectivity index is 1.63. The number of methoxy groups -OCH3 is 1. The molecular formula is C26H26F3N3O4. The molecule has 0 amide bonds. The Morgan fingerprint density at radius 2 is 1.86 bits per heavy atom. The molecule has 0 fully saturated rings. The summed E-state index contributed by atoms with van der Waals surface area (Å²) in [4.78, 5) is 20.4. The van der Waals surface area contributed by atoms with Crippen LogP contribution < -0.4 is 15.5 Å². The molecule has 0 aliphatic heterocycles. The number of ether oxygens (including phenoxy) is 1. The Labute approximate surface area is 206 Å². The van der Waals surface area contributed by atoms with E-state index in [-0.39, 0.29) is 24.3 Å². The van der Waals surface area contributed by atoms with Gasteiger partial charge in [0.1, 0.15) is 0 Å². The van der Waals surface area contributed by atoms with Crippen LogP contribution in [0.4, 0.5) is 13.2 Å². The number of carboxylic acids is 1. The number of aromatic nitrogens is 1. The average Bonchev–Trinajstić information content (AvgIpc) is 2.86.